The molecule has 1 aromatic rings. The van der Waals surface area contributed by atoms with Gasteiger partial charge in [0.2, 0.25) is 0 Å². The molecule has 130 valence electrons. The molecule has 0 bridgehead atoms. The molecular formula is C21H29NO2. The van der Waals surface area contributed by atoms with Crippen molar-refractivity contribution in [2.45, 2.75) is 52.0 Å². The van der Waals surface area contributed by atoms with Gasteiger partial charge >= 0.3 is 0 Å². The van der Waals surface area contributed by atoms with Crippen LogP contribution in [0.4, 0.5) is 0 Å². The highest BCUT2D eigenvalue weighted by Gasteiger charge is 2.35. The fraction of sp³-hybridized carbons (Fsp3) is 0.571. The Morgan fingerprint density at radius 1 is 1.38 bits per heavy atom. The van der Waals surface area contributed by atoms with Gasteiger partial charge in [-0.05, 0) is 48.3 Å². The Kier molecular flexibility index (Phi) is 5.09. The van der Waals surface area contributed by atoms with Crippen LogP contribution in [0.1, 0.15) is 50.7 Å². The maximum absolute atomic E-state index is 11.1. The number of aldehydes is 1. The first-order valence-corrected chi connectivity index (χ1v) is 9.09. The minimum atomic E-state index is 0.168. The maximum Gasteiger partial charge on any atom is 0.133 e. The zero-order valence-electron chi connectivity index (χ0n) is 15.1. The molecule has 0 amide bonds. The molecule has 0 spiro atoms. The zero-order valence-corrected chi connectivity index (χ0v) is 15.1. The second-order valence-electron chi connectivity index (χ2n) is 7.87. The van der Waals surface area contributed by atoms with E-state index in [2.05, 4.69) is 56.0 Å². The van der Waals surface area contributed by atoms with Gasteiger partial charge in [0.05, 0.1) is 13.2 Å². The molecule has 2 aliphatic heterocycles. The van der Waals surface area contributed by atoms with E-state index in [1.807, 2.05) is 0 Å². The van der Waals surface area contributed by atoms with Crippen molar-refractivity contribution in [2.75, 3.05) is 19.7 Å². The predicted molar refractivity (Wildman–Crippen MR) is 97.6 cm³/mol. The van der Waals surface area contributed by atoms with E-state index in [0.29, 0.717) is 18.5 Å². The standard InChI is InChI=1S/C21H29NO2/c1-4-8-21(2,3)14-19-13-18(15-22(19)9-10-23)16-5-6-20-17(12-16)7-11-24-20/h4-6,8,10,12,18-19H,7,9,11,13-15H2,1-3H3/b8-4+/t18-,19-/m1/s1. The molecule has 3 nitrogen and oxygen atoms in total. The number of likely N-dealkylation sites (tertiary alicyclic amines) is 1. The molecule has 2 atom stereocenters. The van der Waals surface area contributed by atoms with Crippen LogP contribution in [0.15, 0.2) is 30.4 Å². The van der Waals surface area contributed by atoms with Crippen LogP contribution in [0.2, 0.25) is 0 Å². The van der Waals surface area contributed by atoms with Gasteiger partial charge < -0.3 is 9.53 Å². The van der Waals surface area contributed by atoms with Gasteiger partial charge in [0.15, 0.2) is 0 Å². The topological polar surface area (TPSA) is 29.5 Å². The van der Waals surface area contributed by atoms with Crippen LogP contribution in [0.3, 0.4) is 0 Å². The molecule has 0 saturated carbocycles. The molecule has 1 saturated heterocycles. The average Bonchev–Trinajstić information content (AvgIpc) is 3.13. The van der Waals surface area contributed by atoms with E-state index in [4.69, 9.17) is 4.74 Å². The first-order valence-electron chi connectivity index (χ1n) is 9.09. The lowest BCUT2D eigenvalue weighted by molar-refractivity contribution is -0.109. The molecule has 0 aromatic heterocycles. The van der Waals surface area contributed by atoms with E-state index in [9.17, 15) is 4.79 Å². The molecule has 0 N–H and O–H groups in total. The number of carbonyl (C=O) groups excluding carboxylic acids is 1. The van der Waals surface area contributed by atoms with Crippen molar-refractivity contribution in [2.24, 2.45) is 5.41 Å². The van der Waals surface area contributed by atoms with Crippen LogP contribution in [0.25, 0.3) is 0 Å². The third kappa shape index (κ3) is 3.72. The summed E-state index contributed by atoms with van der Waals surface area (Å²) in [6.45, 7) is 8.98. The Morgan fingerprint density at radius 3 is 2.96 bits per heavy atom. The predicted octanol–water partition coefficient (Wildman–Crippen LogP) is 3.97. The van der Waals surface area contributed by atoms with Crippen molar-refractivity contribution < 1.29 is 9.53 Å². The van der Waals surface area contributed by atoms with Crippen molar-refractivity contribution in [1.29, 1.82) is 0 Å². The summed E-state index contributed by atoms with van der Waals surface area (Å²) in [6.07, 6.45) is 8.72. The summed E-state index contributed by atoms with van der Waals surface area (Å²) in [5, 5.41) is 0. The molecule has 3 rings (SSSR count). The van der Waals surface area contributed by atoms with E-state index < -0.39 is 0 Å². The van der Waals surface area contributed by atoms with Crippen LogP contribution in [0, 0.1) is 5.41 Å². The van der Waals surface area contributed by atoms with Gasteiger partial charge in [-0.2, -0.15) is 0 Å². The van der Waals surface area contributed by atoms with Crippen LogP contribution in [-0.4, -0.2) is 36.9 Å². The van der Waals surface area contributed by atoms with E-state index >= 15 is 0 Å². The van der Waals surface area contributed by atoms with E-state index in [1.165, 1.54) is 11.1 Å². The minimum absolute atomic E-state index is 0.168. The van der Waals surface area contributed by atoms with Crippen molar-refractivity contribution >= 4 is 6.29 Å². The molecule has 2 aliphatic rings. The smallest absolute Gasteiger partial charge is 0.133 e. The van der Waals surface area contributed by atoms with Gasteiger partial charge in [-0.15, -0.1) is 0 Å². The molecule has 1 fully saturated rings. The first-order chi connectivity index (χ1) is 11.5. The van der Waals surface area contributed by atoms with Gasteiger partial charge in [0.25, 0.3) is 0 Å². The summed E-state index contributed by atoms with van der Waals surface area (Å²) >= 11 is 0. The lowest BCUT2D eigenvalue weighted by Gasteiger charge is -2.29. The lowest BCUT2D eigenvalue weighted by atomic mass is 9.83. The van der Waals surface area contributed by atoms with Crippen LogP contribution >= 0.6 is 0 Å². The van der Waals surface area contributed by atoms with Gasteiger partial charge in [-0.1, -0.05) is 38.1 Å². The van der Waals surface area contributed by atoms with Gasteiger partial charge in [0, 0.05) is 19.0 Å². The number of ether oxygens (including phenoxy) is 1. The summed E-state index contributed by atoms with van der Waals surface area (Å²) in [4.78, 5) is 13.5. The molecule has 3 heteroatoms. The molecular weight excluding hydrogens is 298 g/mol. The Bertz CT molecular complexity index is 620. The number of carbonyl (C=O) groups is 1. The highest BCUT2D eigenvalue weighted by molar-refractivity contribution is 5.52. The highest BCUT2D eigenvalue weighted by Crippen LogP contribution is 2.39. The number of nitrogens with zero attached hydrogens (tertiary/aromatic N) is 1. The average molecular weight is 327 g/mol. The molecule has 24 heavy (non-hydrogen) atoms. The van der Waals surface area contributed by atoms with E-state index in [1.54, 1.807) is 0 Å². The fourth-order valence-electron chi connectivity index (χ4n) is 4.34. The Morgan fingerprint density at radius 2 is 2.21 bits per heavy atom. The first kappa shape index (κ1) is 17.2. The van der Waals surface area contributed by atoms with E-state index in [0.717, 1.165) is 44.4 Å². The summed E-state index contributed by atoms with van der Waals surface area (Å²) in [5.41, 5.74) is 2.91. The van der Waals surface area contributed by atoms with E-state index in [-0.39, 0.29) is 5.41 Å². The Balaban J connectivity index is 1.75. The number of hydrogen-bond acceptors (Lipinski definition) is 3. The highest BCUT2D eigenvalue weighted by atomic mass is 16.5. The lowest BCUT2D eigenvalue weighted by Crippen LogP contribution is -2.34. The molecule has 2 heterocycles. The number of fused-ring (bicyclic) bond motifs is 1. The number of benzene rings is 1. The van der Waals surface area contributed by atoms with Crippen molar-refractivity contribution in [3.05, 3.63) is 41.5 Å². The normalized spacial score (nSPS) is 24.3. The Hall–Kier alpha value is -1.61. The largest absolute Gasteiger partial charge is 0.493 e. The summed E-state index contributed by atoms with van der Waals surface area (Å²) in [6, 6.07) is 7.13. The molecule has 0 radical (unpaired) electrons. The third-order valence-corrected chi connectivity index (χ3v) is 5.40. The molecule has 1 aromatic carbocycles. The summed E-state index contributed by atoms with van der Waals surface area (Å²) < 4.78 is 5.63. The van der Waals surface area contributed by atoms with Gasteiger partial charge in [-0.3, -0.25) is 4.90 Å². The third-order valence-electron chi connectivity index (χ3n) is 5.40. The number of rotatable bonds is 6. The minimum Gasteiger partial charge on any atom is -0.493 e. The quantitative estimate of drug-likeness (QED) is 0.585. The number of hydrogen-bond donors (Lipinski definition) is 0. The second kappa shape index (κ2) is 7.10. The second-order valence-corrected chi connectivity index (χ2v) is 7.87. The van der Waals surface area contributed by atoms with Gasteiger partial charge in [0.1, 0.15) is 12.0 Å². The van der Waals surface area contributed by atoms with Crippen LogP contribution in [-0.2, 0) is 11.2 Å². The number of allylic oxidation sites excluding steroid dienone is 2. The molecule has 0 aliphatic carbocycles. The van der Waals surface area contributed by atoms with Gasteiger partial charge in [-0.25, -0.2) is 0 Å². The maximum atomic E-state index is 11.1. The SMILES string of the molecule is C/C=C/C(C)(C)C[C@H]1C[C@@H](c2ccc3c(c2)CCO3)CN1CC=O. The monoisotopic (exact) mass is 327 g/mol. The zero-order chi connectivity index (χ0) is 17.2. The summed E-state index contributed by atoms with van der Waals surface area (Å²) in [5.74, 6) is 1.56. The van der Waals surface area contributed by atoms with Crippen molar-refractivity contribution in [1.82, 2.24) is 4.90 Å². The Labute approximate surface area is 145 Å². The van der Waals surface area contributed by atoms with Crippen LogP contribution < -0.4 is 4.74 Å². The van der Waals surface area contributed by atoms with Crippen molar-refractivity contribution in [3.8, 4) is 5.75 Å². The molecule has 0 unspecified atom stereocenters. The van der Waals surface area contributed by atoms with Crippen LogP contribution in [0.5, 0.6) is 5.75 Å². The van der Waals surface area contributed by atoms with Crippen molar-refractivity contribution in [3.63, 3.8) is 0 Å². The summed E-state index contributed by atoms with van der Waals surface area (Å²) in [7, 11) is 0. The fourth-order valence-corrected chi connectivity index (χ4v) is 4.34.